The Morgan fingerprint density at radius 3 is 2.43 bits per heavy atom. The summed E-state index contributed by atoms with van der Waals surface area (Å²) in [4.78, 5) is 35.7. The van der Waals surface area contributed by atoms with E-state index in [-0.39, 0.29) is 5.78 Å². The van der Waals surface area contributed by atoms with E-state index >= 15 is 0 Å². The van der Waals surface area contributed by atoms with Crippen molar-refractivity contribution >= 4 is 23.3 Å². The van der Waals surface area contributed by atoms with Crippen molar-refractivity contribution < 1.29 is 19.1 Å². The third kappa shape index (κ3) is 3.85. The van der Waals surface area contributed by atoms with E-state index in [2.05, 4.69) is 5.32 Å². The summed E-state index contributed by atoms with van der Waals surface area (Å²) < 4.78 is 6.76. The maximum Gasteiger partial charge on any atom is 0.355 e. The zero-order valence-electron chi connectivity index (χ0n) is 13.2. The van der Waals surface area contributed by atoms with Crippen LogP contribution in [0, 0.1) is 0 Å². The van der Waals surface area contributed by atoms with Gasteiger partial charge in [0, 0.05) is 18.8 Å². The summed E-state index contributed by atoms with van der Waals surface area (Å²) in [5.41, 5.74) is 1.15. The number of para-hydroxylation sites is 1. The minimum absolute atomic E-state index is 0.158. The maximum atomic E-state index is 12.2. The van der Waals surface area contributed by atoms with Crippen LogP contribution in [0.4, 0.5) is 5.69 Å². The number of hydrogen-bond acceptors (Lipinski definition) is 4. The van der Waals surface area contributed by atoms with Crippen LogP contribution in [-0.2, 0) is 16.6 Å². The molecule has 1 atom stereocenters. The normalized spacial score (nSPS) is 11.6. The molecule has 0 spiro atoms. The van der Waals surface area contributed by atoms with Gasteiger partial charge in [0.05, 0.1) is 5.69 Å². The summed E-state index contributed by atoms with van der Waals surface area (Å²) in [7, 11) is 1.71. The van der Waals surface area contributed by atoms with Crippen LogP contribution >= 0.6 is 0 Å². The molecule has 0 saturated heterocycles. The van der Waals surface area contributed by atoms with Gasteiger partial charge in [0.15, 0.2) is 11.9 Å². The van der Waals surface area contributed by atoms with Crippen molar-refractivity contribution in [2.75, 3.05) is 5.32 Å². The number of esters is 1. The van der Waals surface area contributed by atoms with Gasteiger partial charge in [-0.05, 0) is 38.1 Å². The molecule has 0 fully saturated rings. The molecule has 120 valence electrons. The molecular weight excluding hydrogens is 296 g/mol. The number of anilines is 1. The number of nitrogens with one attached hydrogen (secondary N) is 1. The second kappa shape index (κ2) is 6.91. The summed E-state index contributed by atoms with van der Waals surface area (Å²) in [5, 5.41) is 2.61. The summed E-state index contributed by atoms with van der Waals surface area (Å²) in [5.74, 6) is -1.24. The lowest BCUT2D eigenvalue weighted by atomic mass is 10.1. The lowest BCUT2D eigenvalue weighted by Gasteiger charge is -2.15. The van der Waals surface area contributed by atoms with Gasteiger partial charge in [-0.2, -0.15) is 0 Å². The number of nitrogens with zero attached hydrogens (tertiary/aromatic N) is 1. The number of benzene rings is 1. The van der Waals surface area contributed by atoms with E-state index in [9.17, 15) is 14.4 Å². The first-order chi connectivity index (χ1) is 10.9. The molecule has 0 aliphatic heterocycles. The highest BCUT2D eigenvalue weighted by Crippen LogP contribution is 2.16. The van der Waals surface area contributed by atoms with Gasteiger partial charge in [-0.3, -0.25) is 9.59 Å². The Balaban J connectivity index is 2.05. The first-order valence-electron chi connectivity index (χ1n) is 7.13. The fourth-order valence-corrected chi connectivity index (χ4v) is 2.08. The molecule has 6 nitrogen and oxygen atoms in total. The molecule has 23 heavy (non-hydrogen) atoms. The number of ether oxygens (including phenoxy) is 1. The summed E-state index contributed by atoms with van der Waals surface area (Å²) in [6.07, 6.45) is 0.724. The van der Waals surface area contributed by atoms with Crippen LogP contribution in [0.25, 0.3) is 0 Å². The monoisotopic (exact) mass is 314 g/mol. The van der Waals surface area contributed by atoms with E-state index < -0.39 is 18.0 Å². The van der Waals surface area contributed by atoms with Crippen molar-refractivity contribution in [3.63, 3.8) is 0 Å². The van der Waals surface area contributed by atoms with Gasteiger partial charge in [0.1, 0.15) is 5.69 Å². The molecule has 0 aliphatic rings. The Morgan fingerprint density at radius 2 is 1.83 bits per heavy atom. The van der Waals surface area contributed by atoms with Crippen LogP contribution in [0.2, 0.25) is 0 Å². The lowest BCUT2D eigenvalue weighted by molar-refractivity contribution is -0.123. The molecule has 1 aromatic heterocycles. The van der Waals surface area contributed by atoms with E-state index in [0.717, 1.165) is 0 Å². The smallest absolute Gasteiger partial charge is 0.355 e. The van der Waals surface area contributed by atoms with Crippen molar-refractivity contribution in [1.82, 2.24) is 4.57 Å². The minimum atomic E-state index is -0.989. The van der Waals surface area contributed by atoms with Crippen LogP contribution in [0.3, 0.4) is 0 Å². The van der Waals surface area contributed by atoms with Crippen LogP contribution in [0.5, 0.6) is 0 Å². The van der Waals surface area contributed by atoms with Crippen LogP contribution < -0.4 is 5.32 Å². The molecule has 0 saturated carbocycles. The average Bonchev–Trinajstić information content (AvgIpc) is 2.93. The largest absolute Gasteiger partial charge is 0.448 e. The number of aryl methyl sites for hydroxylation is 1. The third-order valence-electron chi connectivity index (χ3n) is 3.37. The predicted molar refractivity (Wildman–Crippen MR) is 85.4 cm³/mol. The van der Waals surface area contributed by atoms with Gasteiger partial charge in [-0.1, -0.05) is 12.1 Å². The fraction of sp³-hybridized carbons (Fsp3) is 0.235. The zero-order valence-corrected chi connectivity index (χ0v) is 13.2. The highest BCUT2D eigenvalue weighted by molar-refractivity contribution is 6.05. The second-order valence-corrected chi connectivity index (χ2v) is 5.14. The number of amides is 1. The Kier molecular flexibility index (Phi) is 4.95. The predicted octanol–water partition coefficient (Wildman–Crippen LogP) is 2.41. The van der Waals surface area contributed by atoms with Crippen LogP contribution in [0.1, 0.15) is 34.7 Å². The zero-order chi connectivity index (χ0) is 17.0. The van der Waals surface area contributed by atoms with E-state index in [1.165, 1.54) is 13.8 Å². The molecule has 0 aliphatic carbocycles. The van der Waals surface area contributed by atoms with Crippen molar-refractivity contribution in [1.29, 1.82) is 0 Å². The van der Waals surface area contributed by atoms with Crippen molar-refractivity contribution in [3.05, 3.63) is 53.9 Å². The van der Waals surface area contributed by atoms with Crippen molar-refractivity contribution in [3.8, 4) is 0 Å². The molecule has 6 heteroatoms. The average molecular weight is 314 g/mol. The Hall–Kier alpha value is -2.89. The molecule has 1 aromatic carbocycles. The highest BCUT2D eigenvalue weighted by atomic mass is 16.5. The molecule has 0 radical (unpaired) electrons. The number of carbonyl (C=O) groups is 3. The van der Waals surface area contributed by atoms with E-state index in [1.807, 2.05) is 0 Å². The Bertz CT molecular complexity index is 749. The van der Waals surface area contributed by atoms with Crippen molar-refractivity contribution in [2.24, 2.45) is 7.05 Å². The molecule has 0 bridgehead atoms. The van der Waals surface area contributed by atoms with Crippen LogP contribution in [-0.4, -0.2) is 28.3 Å². The second-order valence-electron chi connectivity index (χ2n) is 5.14. The Morgan fingerprint density at radius 1 is 1.13 bits per heavy atom. The number of carbonyl (C=O) groups excluding carboxylic acids is 3. The Labute approximate surface area is 134 Å². The first kappa shape index (κ1) is 16.5. The number of aromatic nitrogens is 1. The molecule has 1 amide bonds. The van der Waals surface area contributed by atoms with Crippen molar-refractivity contribution in [2.45, 2.75) is 20.0 Å². The minimum Gasteiger partial charge on any atom is -0.448 e. The van der Waals surface area contributed by atoms with Gasteiger partial charge < -0.3 is 14.6 Å². The van der Waals surface area contributed by atoms with Gasteiger partial charge in [-0.25, -0.2) is 4.79 Å². The van der Waals surface area contributed by atoms with E-state index in [1.54, 1.807) is 54.2 Å². The molecule has 0 unspecified atom stereocenters. The fourth-order valence-electron chi connectivity index (χ4n) is 2.08. The molecular formula is C17H18N2O4. The number of hydrogen-bond donors (Lipinski definition) is 1. The molecule has 2 rings (SSSR count). The number of rotatable bonds is 5. The van der Waals surface area contributed by atoms with Gasteiger partial charge in [0.25, 0.3) is 5.91 Å². The molecule has 1 N–H and O–H groups in total. The molecule has 2 aromatic rings. The van der Waals surface area contributed by atoms with Gasteiger partial charge in [0.2, 0.25) is 0 Å². The quantitative estimate of drug-likeness (QED) is 0.679. The van der Waals surface area contributed by atoms with Gasteiger partial charge in [-0.15, -0.1) is 0 Å². The summed E-state index contributed by atoms with van der Waals surface area (Å²) in [6, 6.07) is 10.00. The summed E-state index contributed by atoms with van der Waals surface area (Å²) in [6.45, 7) is 2.90. The SMILES string of the molecule is CC(=O)c1ccccc1NC(=O)[C@H](C)OC(=O)c1cccn1C. The number of Topliss-reactive ketones (excluding diaryl/α,β-unsaturated/α-hetero) is 1. The third-order valence-corrected chi connectivity index (χ3v) is 3.37. The number of ketones is 1. The molecule has 1 heterocycles. The highest BCUT2D eigenvalue weighted by Gasteiger charge is 2.21. The first-order valence-corrected chi connectivity index (χ1v) is 7.13. The van der Waals surface area contributed by atoms with E-state index in [4.69, 9.17) is 4.74 Å². The van der Waals surface area contributed by atoms with Gasteiger partial charge >= 0.3 is 5.97 Å². The lowest BCUT2D eigenvalue weighted by Crippen LogP contribution is -2.31. The summed E-state index contributed by atoms with van der Waals surface area (Å²) >= 11 is 0. The maximum absolute atomic E-state index is 12.2. The van der Waals surface area contributed by atoms with Crippen LogP contribution in [0.15, 0.2) is 42.6 Å². The van der Waals surface area contributed by atoms with E-state index in [0.29, 0.717) is 16.9 Å². The topological polar surface area (TPSA) is 77.4 Å². The standard InChI is InChI=1S/C17H18N2O4/c1-11(20)13-7-4-5-8-14(13)18-16(21)12(2)23-17(22)15-9-6-10-19(15)3/h4-10,12H,1-3H3,(H,18,21)/t12-/m0/s1.